The van der Waals surface area contributed by atoms with E-state index in [0.29, 0.717) is 6.61 Å². The molecule has 1 fully saturated rings. The lowest BCUT2D eigenvalue weighted by atomic mass is 9.54. The second-order valence-corrected chi connectivity index (χ2v) is 7.62. The summed E-state index contributed by atoms with van der Waals surface area (Å²) in [7, 11) is 0. The Morgan fingerprint density at radius 2 is 2.12 bits per heavy atom. The predicted octanol–water partition coefficient (Wildman–Crippen LogP) is 2.79. The van der Waals surface area contributed by atoms with Crippen LogP contribution in [0.4, 0.5) is 0 Å². The minimum Gasteiger partial charge on any atom is -0.479 e. The third-order valence-electron chi connectivity index (χ3n) is 5.83. The molecule has 0 aliphatic heterocycles. The second kappa shape index (κ2) is 6.43. The number of aromatic nitrogens is 1. The standard InChI is InChI=1S/C20H26N2O4/c1-5-26-15-10-20(18(24)25,19(15,3)4)22-16(23)9-13-11-21-14-8-6-7-12(2)17(13)14/h6-8,11,15,21H,5,9-10H2,1-4H3,(H,22,23)(H,24,25). The smallest absolute Gasteiger partial charge is 0.330 e. The molecule has 3 N–H and O–H groups in total. The molecule has 1 aromatic carbocycles. The Morgan fingerprint density at radius 3 is 2.73 bits per heavy atom. The first kappa shape index (κ1) is 18.5. The molecule has 2 aromatic rings. The van der Waals surface area contributed by atoms with E-state index in [1.165, 1.54) is 0 Å². The van der Waals surface area contributed by atoms with Crippen molar-refractivity contribution in [3.8, 4) is 0 Å². The maximum atomic E-state index is 12.7. The molecule has 1 aliphatic carbocycles. The van der Waals surface area contributed by atoms with Crippen LogP contribution in [0.15, 0.2) is 24.4 Å². The molecule has 2 atom stereocenters. The summed E-state index contributed by atoms with van der Waals surface area (Å²) < 4.78 is 5.64. The van der Waals surface area contributed by atoms with Crippen molar-refractivity contribution in [1.82, 2.24) is 10.3 Å². The van der Waals surface area contributed by atoms with Gasteiger partial charge in [0.1, 0.15) is 5.54 Å². The Labute approximate surface area is 152 Å². The van der Waals surface area contributed by atoms with Gasteiger partial charge < -0.3 is 20.1 Å². The van der Waals surface area contributed by atoms with E-state index in [2.05, 4.69) is 10.3 Å². The van der Waals surface area contributed by atoms with Gasteiger partial charge in [-0.3, -0.25) is 4.79 Å². The number of hydrogen-bond acceptors (Lipinski definition) is 3. The van der Waals surface area contributed by atoms with Gasteiger partial charge in [0.15, 0.2) is 0 Å². The molecule has 6 nitrogen and oxygen atoms in total. The Kier molecular flexibility index (Phi) is 4.56. The fraction of sp³-hybridized carbons (Fsp3) is 0.500. The summed E-state index contributed by atoms with van der Waals surface area (Å²) >= 11 is 0. The summed E-state index contributed by atoms with van der Waals surface area (Å²) in [6.45, 7) is 8.07. The Bertz CT molecular complexity index is 855. The number of carbonyl (C=O) groups is 2. The number of fused-ring (bicyclic) bond motifs is 1. The van der Waals surface area contributed by atoms with Crippen LogP contribution in [0.3, 0.4) is 0 Å². The number of carboxylic acids is 1. The summed E-state index contributed by atoms with van der Waals surface area (Å²) in [4.78, 5) is 27.9. The predicted molar refractivity (Wildman–Crippen MR) is 99.1 cm³/mol. The van der Waals surface area contributed by atoms with E-state index in [4.69, 9.17) is 4.74 Å². The number of aromatic amines is 1. The quantitative estimate of drug-likeness (QED) is 0.740. The lowest BCUT2D eigenvalue weighted by Crippen LogP contribution is -2.76. The van der Waals surface area contributed by atoms with Crippen molar-refractivity contribution in [1.29, 1.82) is 0 Å². The van der Waals surface area contributed by atoms with Gasteiger partial charge >= 0.3 is 5.97 Å². The molecular formula is C20H26N2O4. The number of carboxylic acid groups (broad SMARTS) is 1. The van der Waals surface area contributed by atoms with Crippen molar-refractivity contribution >= 4 is 22.8 Å². The normalized spacial score (nSPS) is 24.2. The van der Waals surface area contributed by atoms with Gasteiger partial charge in [0.05, 0.1) is 12.5 Å². The zero-order valence-electron chi connectivity index (χ0n) is 15.7. The summed E-state index contributed by atoms with van der Waals surface area (Å²) in [6, 6.07) is 5.92. The van der Waals surface area contributed by atoms with Crippen LogP contribution < -0.4 is 5.32 Å². The van der Waals surface area contributed by atoms with E-state index in [0.717, 1.165) is 22.0 Å². The molecular weight excluding hydrogens is 332 g/mol. The minimum absolute atomic E-state index is 0.134. The fourth-order valence-corrected chi connectivity index (χ4v) is 4.08. The van der Waals surface area contributed by atoms with Crippen molar-refractivity contribution in [2.24, 2.45) is 5.41 Å². The van der Waals surface area contributed by atoms with E-state index in [9.17, 15) is 14.7 Å². The van der Waals surface area contributed by atoms with Gasteiger partial charge in [0.2, 0.25) is 5.91 Å². The molecule has 1 aliphatic rings. The van der Waals surface area contributed by atoms with Crippen molar-refractivity contribution in [2.45, 2.75) is 52.2 Å². The van der Waals surface area contributed by atoms with Crippen molar-refractivity contribution in [3.05, 3.63) is 35.5 Å². The molecule has 3 rings (SSSR count). The van der Waals surface area contributed by atoms with Crippen LogP contribution in [-0.2, 0) is 20.7 Å². The summed E-state index contributed by atoms with van der Waals surface area (Å²) in [5, 5.41) is 13.6. The third-order valence-corrected chi connectivity index (χ3v) is 5.83. The van der Waals surface area contributed by atoms with Gasteiger partial charge in [-0.05, 0) is 31.0 Å². The van der Waals surface area contributed by atoms with E-state index in [1.54, 1.807) is 0 Å². The number of amides is 1. The van der Waals surface area contributed by atoms with Crippen LogP contribution in [0.5, 0.6) is 0 Å². The number of nitrogens with one attached hydrogen (secondary N) is 2. The topological polar surface area (TPSA) is 91.4 Å². The van der Waals surface area contributed by atoms with Crippen LogP contribution in [-0.4, -0.2) is 40.2 Å². The highest BCUT2D eigenvalue weighted by atomic mass is 16.5. The van der Waals surface area contributed by atoms with E-state index in [1.807, 2.05) is 52.1 Å². The summed E-state index contributed by atoms with van der Waals surface area (Å²) in [6.07, 6.45) is 2.05. The van der Waals surface area contributed by atoms with Crippen molar-refractivity contribution in [3.63, 3.8) is 0 Å². The largest absolute Gasteiger partial charge is 0.479 e. The van der Waals surface area contributed by atoms with Gasteiger partial charge in [0, 0.05) is 35.5 Å². The van der Waals surface area contributed by atoms with Crippen LogP contribution in [0.2, 0.25) is 0 Å². The highest BCUT2D eigenvalue weighted by Crippen LogP contribution is 2.51. The first-order chi connectivity index (χ1) is 12.2. The van der Waals surface area contributed by atoms with Gasteiger partial charge in [-0.2, -0.15) is 0 Å². The number of benzene rings is 1. The zero-order valence-corrected chi connectivity index (χ0v) is 15.7. The monoisotopic (exact) mass is 358 g/mol. The molecule has 0 spiro atoms. The van der Waals surface area contributed by atoms with Gasteiger partial charge in [-0.25, -0.2) is 4.79 Å². The number of aryl methyl sites for hydroxylation is 1. The van der Waals surface area contributed by atoms with Crippen LogP contribution in [0, 0.1) is 12.3 Å². The highest BCUT2D eigenvalue weighted by molar-refractivity contribution is 5.94. The van der Waals surface area contributed by atoms with E-state index < -0.39 is 16.9 Å². The van der Waals surface area contributed by atoms with E-state index >= 15 is 0 Å². The molecule has 2 unspecified atom stereocenters. The molecule has 0 saturated heterocycles. The molecule has 1 aromatic heterocycles. The first-order valence-corrected chi connectivity index (χ1v) is 8.94. The average Bonchev–Trinajstić information content (AvgIpc) is 2.97. The number of ether oxygens (including phenoxy) is 1. The summed E-state index contributed by atoms with van der Waals surface area (Å²) in [5.41, 5.74) is 0.946. The van der Waals surface area contributed by atoms with Crippen LogP contribution in [0.1, 0.15) is 38.3 Å². The highest BCUT2D eigenvalue weighted by Gasteiger charge is 2.66. The molecule has 26 heavy (non-hydrogen) atoms. The Balaban J connectivity index is 1.81. The number of aliphatic carboxylic acids is 1. The molecule has 0 bridgehead atoms. The van der Waals surface area contributed by atoms with Gasteiger partial charge in [-0.1, -0.05) is 26.0 Å². The van der Waals surface area contributed by atoms with Gasteiger partial charge in [0.25, 0.3) is 0 Å². The Morgan fingerprint density at radius 1 is 1.38 bits per heavy atom. The summed E-state index contributed by atoms with van der Waals surface area (Å²) in [5.74, 6) is -1.30. The number of hydrogen-bond donors (Lipinski definition) is 3. The Hall–Kier alpha value is -2.34. The molecule has 1 heterocycles. The lowest BCUT2D eigenvalue weighted by molar-refractivity contribution is -0.194. The fourth-order valence-electron chi connectivity index (χ4n) is 4.08. The van der Waals surface area contributed by atoms with Crippen molar-refractivity contribution < 1.29 is 19.4 Å². The minimum atomic E-state index is -1.30. The maximum absolute atomic E-state index is 12.7. The lowest BCUT2D eigenvalue weighted by Gasteiger charge is -2.58. The second-order valence-electron chi connectivity index (χ2n) is 7.62. The SMILES string of the molecule is CCOC1CC(NC(=O)Cc2c[nH]c3cccc(C)c23)(C(=O)O)C1(C)C. The van der Waals surface area contributed by atoms with E-state index in [-0.39, 0.29) is 24.9 Å². The van der Waals surface area contributed by atoms with Crippen LogP contribution in [0.25, 0.3) is 10.9 Å². The molecule has 6 heteroatoms. The molecule has 1 amide bonds. The number of carbonyl (C=O) groups excluding carboxylic acids is 1. The number of H-pyrrole nitrogens is 1. The number of rotatable bonds is 6. The molecule has 0 radical (unpaired) electrons. The van der Waals surface area contributed by atoms with Crippen LogP contribution >= 0.6 is 0 Å². The molecule has 140 valence electrons. The first-order valence-electron chi connectivity index (χ1n) is 8.94. The average molecular weight is 358 g/mol. The third kappa shape index (κ3) is 2.69. The maximum Gasteiger partial charge on any atom is 0.330 e. The molecule has 1 saturated carbocycles. The van der Waals surface area contributed by atoms with Crippen molar-refractivity contribution in [2.75, 3.05) is 6.61 Å². The van der Waals surface area contributed by atoms with Gasteiger partial charge in [-0.15, -0.1) is 0 Å². The zero-order chi connectivity index (χ0) is 19.1.